The third-order valence-corrected chi connectivity index (χ3v) is 3.21. The van der Waals surface area contributed by atoms with Gasteiger partial charge in [0.2, 0.25) is 0 Å². The Labute approximate surface area is 115 Å². The standard InChI is InChI=1S/C14H25NO4/c1-6-18-12(16)11-8-7-9-15(10(11)2)13(17)19-14(3,4)5/h10-11H,6-9H2,1-5H3/t10-,11-/m0/s1. The molecule has 0 bridgehead atoms. The van der Waals surface area contributed by atoms with Crippen molar-refractivity contribution in [3.05, 3.63) is 0 Å². The zero-order valence-electron chi connectivity index (χ0n) is 12.6. The highest BCUT2D eigenvalue weighted by atomic mass is 16.6. The Balaban J connectivity index is 2.70. The minimum atomic E-state index is -0.520. The van der Waals surface area contributed by atoms with Crippen LogP contribution in [0.5, 0.6) is 0 Å². The van der Waals surface area contributed by atoms with Gasteiger partial charge in [-0.25, -0.2) is 4.79 Å². The molecule has 0 radical (unpaired) electrons. The summed E-state index contributed by atoms with van der Waals surface area (Å²) in [7, 11) is 0. The van der Waals surface area contributed by atoms with Crippen molar-refractivity contribution >= 4 is 12.1 Å². The summed E-state index contributed by atoms with van der Waals surface area (Å²) in [6, 6.07) is -0.178. The minimum Gasteiger partial charge on any atom is -0.466 e. The Hall–Kier alpha value is -1.26. The molecule has 0 spiro atoms. The van der Waals surface area contributed by atoms with E-state index in [9.17, 15) is 9.59 Å². The first kappa shape index (κ1) is 15.8. The van der Waals surface area contributed by atoms with Crippen molar-refractivity contribution in [2.75, 3.05) is 13.2 Å². The number of nitrogens with zero attached hydrogens (tertiary/aromatic N) is 1. The van der Waals surface area contributed by atoms with E-state index in [1.54, 1.807) is 11.8 Å². The van der Waals surface area contributed by atoms with Gasteiger partial charge in [-0.05, 0) is 47.5 Å². The van der Waals surface area contributed by atoms with Gasteiger partial charge in [0, 0.05) is 12.6 Å². The molecule has 1 fully saturated rings. The number of esters is 1. The van der Waals surface area contributed by atoms with Crippen LogP contribution in [0.25, 0.3) is 0 Å². The van der Waals surface area contributed by atoms with Crippen molar-refractivity contribution in [2.24, 2.45) is 5.92 Å². The van der Waals surface area contributed by atoms with E-state index in [4.69, 9.17) is 9.47 Å². The van der Waals surface area contributed by atoms with E-state index in [2.05, 4.69) is 0 Å². The molecular weight excluding hydrogens is 246 g/mol. The van der Waals surface area contributed by atoms with Gasteiger partial charge in [0.15, 0.2) is 0 Å². The molecule has 1 amide bonds. The molecule has 1 aliphatic heterocycles. The molecule has 0 aromatic carbocycles. The average Bonchev–Trinajstić information content (AvgIpc) is 2.27. The molecule has 1 aliphatic rings. The van der Waals surface area contributed by atoms with Gasteiger partial charge in [0.1, 0.15) is 5.60 Å². The normalized spacial score (nSPS) is 23.9. The molecule has 19 heavy (non-hydrogen) atoms. The highest BCUT2D eigenvalue weighted by Crippen LogP contribution is 2.26. The van der Waals surface area contributed by atoms with Crippen molar-refractivity contribution in [3.63, 3.8) is 0 Å². The summed E-state index contributed by atoms with van der Waals surface area (Å²) in [5.41, 5.74) is -0.520. The van der Waals surface area contributed by atoms with Crippen molar-refractivity contribution < 1.29 is 19.1 Å². The third-order valence-electron chi connectivity index (χ3n) is 3.21. The molecule has 5 nitrogen and oxygen atoms in total. The van der Waals surface area contributed by atoms with Crippen LogP contribution in [0.15, 0.2) is 0 Å². The Bertz CT molecular complexity index is 335. The average molecular weight is 271 g/mol. The minimum absolute atomic E-state index is 0.178. The highest BCUT2D eigenvalue weighted by Gasteiger charge is 2.37. The van der Waals surface area contributed by atoms with E-state index in [0.717, 1.165) is 12.8 Å². The number of rotatable bonds is 2. The monoisotopic (exact) mass is 271 g/mol. The number of carbonyl (C=O) groups excluding carboxylic acids is 2. The molecule has 2 atom stereocenters. The van der Waals surface area contributed by atoms with Crippen LogP contribution < -0.4 is 0 Å². The second kappa shape index (κ2) is 6.26. The second-order valence-electron chi connectivity index (χ2n) is 5.92. The molecule has 1 rings (SSSR count). The molecule has 0 N–H and O–H groups in total. The Morgan fingerprint density at radius 1 is 1.32 bits per heavy atom. The van der Waals surface area contributed by atoms with E-state index in [1.165, 1.54) is 0 Å². The van der Waals surface area contributed by atoms with Crippen molar-refractivity contribution in [3.8, 4) is 0 Å². The lowest BCUT2D eigenvalue weighted by Crippen LogP contribution is -2.50. The largest absolute Gasteiger partial charge is 0.466 e. The van der Waals surface area contributed by atoms with Gasteiger partial charge in [-0.15, -0.1) is 0 Å². The zero-order chi connectivity index (χ0) is 14.6. The zero-order valence-corrected chi connectivity index (χ0v) is 12.6. The lowest BCUT2D eigenvalue weighted by molar-refractivity contribution is -0.151. The summed E-state index contributed by atoms with van der Waals surface area (Å²) >= 11 is 0. The number of hydrogen-bond donors (Lipinski definition) is 0. The Kier molecular flexibility index (Phi) is 5.20. The van der Waals surface area contributed by atoms with Crippen molar-refractivity contribution in [2.45, 2.75) is 59.1 Å². The van der Waals surface area contributed by atoms with Crippen LogP contribution in [-0.4, -0.2) is 41.8 Å². The molecule has 1 saturated heterocycles. The number of amides is 1. The van der Waals surface area contributed by atoms with Gasteiger partial charge in [0.25, 0.3) is 0 Å². The van der Waals surface area contributed by atoms with Gasteiger partial charge < -0.3 is 14.4 Å². The molecule has 0 unspecified atom stereocenters. The second-order valence-corrected chi connectivity index (χ2v) is 5.92. The molecule has 0 saturated carbocycles. The SMILES string of the molecule is CCOC(=O)[C@H]1CCCN(C(=O)OC(C)(C)C)[C@H]1C. The summed E-state index contributed by atoms with van der Waals surface area (Å²) in [6.07, 6.45) is 1.21. The third kappa shape index (κ3) is 4.40. The maximum absolute atomic E-state index is 12.1. The lowest BCUT2D eigenvalue weighted by atomic mass is 9.90. The van der Waals surface area contributed by atoms with Gasteiger partial charge in [-0.1, -0.05) is 0 Å². The van der Waals surface area contributed by atoms with Crippen molar-refractivity contribution in [1.82, 2.24) is 4.90 Å². The predicted molar refractivity (Wildman–Crippen MR) is 71.8 cm³/mol. The predicted octanol–water partition coefficient (Wildman–Crippen LogP) is 2.59. The van der Waals surface area contributed by atoms with Crippen molar-refractivity contribution in [1.29, 1.82) is 0 Å². The fourth-order valence-electron chi connectivity index (χ4n) is 2.29. The lowest BCUT2D eigenvalue weighted by Gasteiger charge is -2.38. The summed E-state index contributed by atoms with van der Waals surface area (Å²) in [6.45, 7) is 10.2. The topological polar surface area (TPSA) is 55.8 Å². The van der Waals surface area contributed by atoms with Crippen LogP contribution in [0.1, 0.15) is 47.5 Å². The summed E-state index contributed by atoms with van der Waals surface area (Å²) in [4.78, 5) is 25.6. The molecule has 110 valence electrons. The quantitative estimate of drug-likeness (QED) is 0.724. The van der Waals surface area contributed by atoms with Gasteiger partial charge in [-0.3, -0.25) is 4.79 Å². The molecule has 5 heteroatoms. The number of likely N-dealkylation sites (tertiary alicyclic amines) is 1. The maximum Gasteiger partial charge on any atom is 0.410 e. The first-order chi connectivity index (χ1) is 8.76. The molecule has 0 aliphatic carbocycles. The fraction of sp³-hybridized carbons (Fsp3) is 0.857. The van der Waals surface area contributed by atoms with Crippen LogP contribution in [0.4, 0.5) is 4.79 Å². The molecule has 0 aromatic rings. The van der Waals surface area contributed by atoms with E-state index in [0.29, 0.717) is 13.2 Å². The van der Waals surface area contributed by atoms with E-state index in [-0.39, 0.29) is 24.0 Å². The van der Waals surface area contributed by atoms with Crippen LogP contribution >= 0.6 is 0 Å². The summed E-state index contributed by atoms with van der Waals surface area (Å²) < 4.78 is 10.4. The smallest absolute Gasteiger partial charge is 0.410 e. The van der Waals surface area contributed by atoms with Crippen LogP contribution in [0, 0.1) is 5.92 Å². The van der Waals surface area contributed by atoms with Crippen LogP contribution in [0.2, 0.25) is 0 Å². The van der Waals surface area contributed by atoms with Crippen LogP contribution in [-0.2, 0) is 14.3 Å². The number of hydrogen-bond acceptors (Lipinski definition) is 4. The maximum atomic E-state index is 12.1. The molecular formula is C14H25NO4. The van der Waals surface area contributed by atoms with Gasteiger partial charge in [0.05, 0.1) is 12.5 Å². The number of ether oxygens (including phenoxy) is 2. The Morgan fingerprint density at radius 2 is 1.95 bits per heavy atom. The highest BCUT2D eigenvalue weighted by molar-refractivity contribution is 5.75. The molecule has 0 aromatic heterocycles. The summed E-state index contributed by atoms with van der Waals surface area (Å²) in [5, 5.41) is 0. The Morgan fingerprint density at radius 3 is 2.47 bits per heavy atom. The van der Waals surface area contributed by atoms with Gasteiger partial charge >= 0.3 is 12.1 Å². The number of carbonyl (C=O) groups is 2. The fourth-order valence-corrected chi connectivity index (χ4v) is 2.29. The van der Waals surface area contributed by atoms with Gasteiger partial charge in [-0.2, -0.15) is 0 Å². The molecule has 1 heterocycles. The summed E-state index contributed by atoms with van der Waals surface area (Å²) in [5.74, 6) is -0.468. The van der Waals surface area contributed by atoms with E-state index in [1.807, 2.05) is 27.7 Å². The first-order valence-corrected chi connectivity index (χ1v) is 6.92. The van der Waals surface area contributed by atoms with E-state index < -0.39 is 5.60 Å². The van der Waals surface area contributed by atoms with Crippen LogP contribution in [0.3, 0.4) is 0 Å². The first-order valence-electron chi connectivity index (χ1n) is 6.92. The number of piperidine rings is 1. The van der Waals surface area contributed by atoms with E-state index >= 15 is 0 Å².